The van der Waals surface area contributed by atoms with E-state index < -0.39 is 28.5 Å². The Morgan fingerprint density at radius 2 is 1.51 bits per heavy atom. The largest absolute Gasteiger partial charge is 0.497 e. The Morgan fingerprint density at radius 3 is 2.19 bits per heavy atom. The molecule has 1 unspecified atom stereocenters. The van der Waals surface area contributed by atoms with Crippen molar-refractivity contribution in [1.29, 1.82) is 0 Å². The number of carbonyl (C=O) groups is 2. The number of hydrogen-bond donors (Lipinski definition) is 1. The van der Waals surface area contributed by atoms with E-state index in [2.05, 4.69) is 21.2 Å². The number of hydrogen-bond acceptors (Lipinski definition) is 5. The Kier molecular flexibility index (Phi) is 11.7. The minimum atomic E-state index is -4.17. The molecule has 1 fully saturated rings. The summed E-state index contributed by atoms with van der Waals surface area (Å²) in [6, 6.07) is 30.9. The van der Waals surface area contributed by atoms with Gasteiger partial charge in [0.05, 0.1) is 17.7 Å². The van der Waals surface area contributed by atoms with Crippen LogP contribution in [0.25, 0.3) is 0 Å². The van der Waals surface area contributed by atoms with Gasteiger partial charge in [0.25, 0.3) is 10.0 Å². The van der Waals surface area contributed by atoms with E-state index in [4.69, 9.17) is 4.74 Å². The molecule has 4 aromatic carbocycles. The summed E-state index contributed by atoms with van der Waals surface area (Å²) >= 11 is 3.45. The van der Waals surface area contributed by atoms with Gasteiger partial charge in [0.2, 0.25) is 11.8 Å². The normalized spacial score (nSPS) is 14.2. The van der Waals surface area contributed by atoms with Crippen molar-refractivity contribution in [2.75, 3.05) is 18.0 Å². The molecule has 8 nitrogen and oxygen atoms in total. The standard InChI is InChI=1S/C37H40BrN3O5S/c1-46-33-20-11-15-29(23-33)26-40(35(24-28-13-5-2-6-14-28)37(43)39-31-17-7-3-8-18-31)36(42)27-41(32-19-12-16-30(38)25-32)47(44,45)34-21-9-4-10-22-34/h2,4-6,9-16,19-23,25,31,35H,3,7-8,17-18,24,26-27H2,1H3,(H,39,43). The summed E-state index contributed by atoms with van der Waals surface area (Å²) in [5.41, 5.74) is 1.96. The van der Waals surface area contributed by atoms with Crippen LogP contribution in [0.3, 0.4) is 0 Å². The SMILES string of the molecule is COc1cccc(CN(C(=O)CN(c2cccc(Br)c2)S(=O)(=O)c2ccccc2)C(Cc2ccccc2)C(=O)NC2CCCCC2)c1. The fourth-order valence-electron chi connectivity index (χ4n) is 5.95. The molecular formula is C37H40BrN3O5S. The molecule has 0 spiro atoms. The van der Waals surface area contributed by atoms with E-state index in [0.29, 0.717) is 15.9 Å². The van der Waals surface area contributed by atoms with Gasteiger partial charge >= 0.3 is 0 Å². The fraction of sp³-hybridized carbons (Fsp3) is 0.297. The highest BCUT2D eigenvalue weighted by Gasteiger charge is 2.35. The lowest BCUT2D eigenvalue weighted by Crippen LogP contribution is -2.55. The van der Waals surface area contributed by atoms with Crippen LogP contribution in [0.15, 0.2) is 119 Å². The van der Waals surface area contributed by atoms with Gasteiger partial charge in [0.1, 0.15) is 18.3 Å². The Labute approximate surface area is 285 Å². The topological polar surface area (TPSA) is 96.0 Å². The molecule has 0 saturated heterocycles. The second-order valence-corrected chi connectivity index (χ2v) is 14.5. The highest BCUT2D eigenvalue weighted by atomic mass is 79.9. The molecule has 1 saturated carbocycles. The average Bonchev–Trinajstić information content (AvgIpc) is 3.10. The Balaban J connectivity index is 1.57. The average molecular weight is 719 g/mol. The number of nitrogens with zero attached hydrogens (tertiary/aromatic N) is 2. The van der Waals surface area contributed by atoms with Crippen molar-refractivity contribution >= 4 is 43.5 Å². The van der Waals surface area contributed by atoms with Crippen LogP contribution in [0.2, 0.25) is 0 Å². The van der Waals surface area contributed by atoms with E-state index in [-0.39, 0.29) is 29.8 Å². The molecule has 1 aliphatic carbocycles. The first-order valence-electron chi connectivity index (χ1n) is 15.8. The molecule has 0 radical (unpaired) electrons. The lowest BCUT2D eigenvalue weighted by atomic mass is 9.94. The van der Waals surface area contributed by atoms with Crippen LogP contribution in [-0.2, 0) is 32.6 Å². The molecule has 1 atom stereocenters. The first-order chi connectivity index (χ1) is 22.7. The van der Waals surface area contributed by atoms with Gasteiger partial charge in [-0.25, -0.2) is 8.42 Å². The van der Waals surface area contributed by atoms with Crippen molar-refractivity contribution in [1.82, 2.24) is 10.2 Å². The van der Waals surface area contributed by atoms with Gasteiger partial charge in [-0.3, -0.25) is 13.9 Å². The van der Waals surface area contributed by atoms with Crippen molar-refractivity contribution in [2.24, 2.45) is 0 Å². The number of carbonyl (C=O) groups excluding carboxylic acids is 2. The summed E-state index contributed by atoms with van der Waals surface area (Å²) < 4.78 is 35.5. The van der Waals surface area contributed by atoms with E-state index >= 15 is 0 Å². The summed E-state index contributed by atoms with van der Waals surface area (Å²) in [6.07, 6.45) is 5.26. The monoisotopic (exact) mass is 717 g/mol. The summed E-state index contributed by atoms with van der Waals surface area (Å²) in [5.74, 6) is -0.146. The van der Waals surface area contributed by atoms with Crippen LogP contribution in [0.4, 0.5) is 5.69 Å². The van der Waals surface area contributed by atoms with E-state index in [9.17, 15) is 18.0 Å². The number of amides is 2. The lowest BCUT2D eigenvalue weighted by Gasteiger charge is -2.35. The third-order valence-corrected chi connectivity index (χ3v) is 10.7. The fourth-order valence-corrected chi connectivity index (χ4v) is 7.76. The van der Waals surface area contributed by atoms with Crippen molar-refractivity contribution in [3.63, 3.8) is 0 Å². The van der Waals surface area contributed by atoms with Gasteiger partial charge in [-0.05, 0) is 66.4 Å². The predicted octanol–water partition coefficient (Wildman–Crippen LogP) is 6.74. The summed E-state index contributed by atoms with van der Waals surface area (Å²) in [6.45, 7) is -0.441. The molecule has 0 aliphatic heterocycles. The minimum absolute atomic E-state index is 0.0277. The van der Waals surface area contributed by atoms with Crippen molar-refractivity contribution < 1.29 is 22.7 Å². The van der Waals surface area contributed by atoms with E-state index in [0.717, 1.165) is 47.5 Å². The maximum Gasteiger partial charge on any atom is 0.264 e. The number of benzene rings is 4. The Bertz CT molecular complexity index is 1750. The number of ether oxygens (including phenoxy) is 1. The van der Waals surface area contributed by atoms with Gasteiger partial charge in [-0.1, -0.05) is 102 Å². The van der Waals surface area contributed by atoms with Crippen LogP contribution in [-0.4, -0.2) is 50.9 Å². The first kappa shape index (κ1) is 34.2. The number of nitrogens with one attached hydrogen (secondary N) is 1. The first-order valence-corrected chi connectivity index (χ1v) is 18.1. The van der Waals surface area contributed by atoms with Gasteiger partial charge in [0.15, 0.2) is 0 Å². The van der Waals surface area contributed by atoms with Crippen LogP contribution >= 0.6 is 15.9 Å². The summed E-state index contributed by atoms with van der Waals surface area (Å²) in [7, 11) is -2.59. The smallest absolute Gasteiger partial charge is 0.264 e. The maximum atomic E-state index is 14.7. The molecular weight excluding hydrogens is 678 g/mol. The number of sulfonamides is 1. The molecule has 0 bridgehead atoms. The van der Waals surface area contributed by atoms with Gasteiger partial charge in [0, 0.05) is 23.5 Å². The predicted molar refractivity (Wildman–Crippen MR) is 188 cm³/mol. The van der Waals surface area contributed by atoms with Crippen LogP contribution in [0.1, 0.15) is 43.2 Å². The summed E-state index contributed by atoms with van der Waals surface area (Å²) in [4.78, 5) is 30.5. The van der Waals surface area contributed by atoms with Crippen LogP contribution in [0.5, 0.6) is 5.75 Å². The molecule has 1 aliphatic rings. The Hall–Kier alpha value is -4.15. The molecule has 2 amide bonds. The zero-order valence-corrected chi connectivity index (χ0v) is 28.8. The molecule has 1 N–H and O–H groups in total. The van der Waals surface area contributed by atoms with Crippen molar-refractivity contribution in [3.8, 4) is 5.75 Å². The summed E-state index contributed by atoms with van der Waals surface area (Å²) in [5, 5.41) is 3.24. The van der Waals surface area contributed by atoms with Crippen molar-refractivity contribution in [3.05, 3.63) is 125 Å². The van der Waals surface area contributed by atoms with Gasteiger partial charge < -0.3 is 15.0 Å². The van der Waals surface area contributed by atoms with Gasteiger partial charge in [-0.15, -0.1) is 0 Å². The minimum Gasteiger partial charge on any atom is -0.497 e. The van der Waals surface area contributed by atoms with E-state index in [1.54, 1.807) is 49.6 Å². The van der Waals surface area contributed by atoms with Gasteiger partial charge in [-0.2, -0.15) is 0 Å². The Morgan fingerprint density at radius 1 is 0.851 bits per heavy atom. The van der Waals surface area contributed by atoms with E-state index in [1.165, 1.54) is 17.0 Å². The molecule has 0 aromatic heterocycles. The third-order valence-electron chi connectivity index (χ3n) is 8.42. The second kappa shape index (κ2) is 16.1. The van der Waals surface area contributed by atoms with Crippen molar-refractivity contribution in [2.45, 2.75) is 62.0 Å². The molecule has 5 rings (SSSR count). The number of halogens is 1. The van der Waals surface area contributed by atoms with E-state index in [1.807, 2.05) is 54.6 Å². The molecule has 47 heavy (non-hydrogen) atoms. The number of methoxy groups -OCH3 is 1. The molecule has 246 valence electrons. The molecule has 4 aromatic rings. The second-order valence-electron chi connectivity index (χ2n) is 11.7. The number of anilines is 1. The molecule has 0 heterocycles. The lowest BCUT2D eigenvalue weighted by molar-refractivity contribution is -0.140. The quantitative estimate of drug-likeness (QED) is 0.165. The third kappa shape index (κ3) is 9.02. The number of rotatable bonds is 13. The zero-order valence-electron chi connectivity index (χ0n) is 26.4. The van der Waals surface area contributed by atoms with Crippen LogP contribution < -0.4 is 14.4 Å². The maximum absolute atomic E-state index is 14.7. The molecule has 10 heteroatoms. The highest BCUT2D eigenvalue weighted by Crippen LogP contribution is 2.28. The zero-order chi connectivity index (χ0) is 33.2. The van der Waals surface area contributed by atoms with Crippen LogP contribution in [0, 0.1) is 0 Å². The highest BCUT2D eigenvalue weighted by molar-refractivity contribution is 9.10.